The van der Waals surface area contributed by atoms with Crippen molar-refractivity contribution in [3.05, 3.63) is 69.8 Å². The molecule has 2 aromatic rings. The summed E-state index contributed by atoms with van der Waals surface area (Å²) in [5.74, 6) is 0.271. The summed E-state index contributed by atoms with van der Waals surface area (Å²) in [6.45, 7) is 1.48. The van der Waals surface area contributed by atoms with Crippen LogP contribution in [0.4, 0.5) is 5.69 Å². The van der Waals surface area contributed by atoms with Crippen LogP contribution in [0, 0.1) is 10.1 Å². The van der Waals surface area contributed by atoms with E-state index in [4.69, 9.17) is 0 Å². The molecule has 0 aliphatic heterocycles. The van der Waals surface area contributed by atoms with Gasteiger partial charge in [0, 0.05) is 18.7 Å². The average molecular weight is 272 g/mol. The maximum Gasteiger partial charge on any atom is 0.269 e. The number of nitrogens with one attached hydrogen (secondary N) is 1. The molecule has 20 heavy (non-hydrogen) atoms. The van der Waals surface area contributed by atoms with Gasteiger partial charge in [-0.15, -0.1) is 0 Å². The summed E-state index contributed by atoms with van der Waals surface area (Å²) in [5, 5.41) is 23.0. The first-order valence-electron chi connectivity index (χ1n) is 6.37. The van der Waals surface area contributed by atoms with Crippen molar-refractivity contribution < 1.29 is 10.0 Å². The van der Waals surface area contributed by atoms with Crippen LogP contribution >= 0.6 is 0 Å². The Morgan fingerprint density at radius 2 is 1.60 bits per heavy atom. The van der Waals surface area contributed by atoms with E-state index in [2.05, 4.69) is 5.32 Å². The highest BCUT2D eigenvalue weighted by atomic mass is 16.6. The summed E-state index contributed by atoms with van der Waals surface area (Å²) in [4.78, 5) is 10.1. The highest BCUT2D eigenvalue weighted by Crippen LogP contribution is 2.12. The van der Waals surface area contributed by atoms with Crippen molar-refractivity contribution in [3.63, 3.8) is 0 Å². The molecule has 0 bridgehead atoms. The molecule has 0 aliphatic rings. The second kappa shape index (κ2) is 6.68. The van der Waals surface area contributed by atoms with Crippen LogP contribution in [0.1, 0.15) is 11.1 Å². The molecule has 0 saturated carbocycles. The second-order valence-corrected chi connectivity index (χ2v) is 4.52. The molecule has 0 aliphatic carbocycles. The van der Waals surface area contributed by atoms with E-state index in [1.54, 1.807) is 24.3 Å². The molecular weight excluding hydrogens is 256 g/mol. The number of hydrogen-bond acceptors (Lipinski definition) is 4. The normalized spacial score (nSPS) is 10.4. The van der Waals surface area contributed by atoms with E-state index in [1.165, 1.54) is 12.1 Å². The zero-order chi connectivity index (χ0) is 14.4. The van der Waals surface area contributed by atoms with E-state index >= 15 is 0 Å². The van der Waals surface area contributed by atoms with Gasteiger partial charge in [-0.05, 0) is 36.2 Å². The van der Waals surface area contributed by atoms with Gasteiger partial charge in [0.2, 0.25) is 0 Å². The number of rotatable bonds is 6. The van der Waals surface area contributed by atoms with E-state index in [0.29, 0.717) is 6.54 Å². The number of hydrogen-bond donors (Lipinski definition) is 2. The lowest BCUT2D eigenvalue weighted by molar-refractivity contribution is -0.384. The minimum absolute atomic E-state index is 0.109. The molecule has 2 aromatic carbocycles. The van der Waals surface area contributed by atoms with Crippen molar-refractivity contribution in [3.8, 4) is 5.75 Å². The van der Waals surface area contributed by atoms with Gasteiger partial charge in [-0.2, -0.15) is 0 Å². The summed E-state index contributed by atoms with van der Waals surface area (Å²) >= 11 is 0. The first-order valence-corrected chi connectivity index (χ1v) is 6.37. The van der Waals surface area contributed by atoms with E-state index in [1.807, 2.05) is 12.1 Å². The largest absolute Gasteiger partial charge is 0.508 e. The Kier molecular flexibility index (Phi) is 4.68. The molecule has 0 fully saturated rings. The van der Waals surface area contributed by atoms with Crippen molar-refractivity contribution in [1.82, 2.24) is 5.32 Å². The van der Waals surface area contributed by atoms with E-state index in [-0.39, 0.29) is 11.4 Å². The topological polar surface area (TPSA) is 75.4 Å². The van der Waals surface area contributed by atoms with Crippen LogP contribution in [0.2, 0.25) is 0 Å². The lowest BCUT2D eigenvalue weighted by Gasteiger charge is -2.05. The van der Waals surface area contributed by atoms with Crippen molar-refractivity contribution in [1.29, 1.82) is 0 Å². The van der Waals surface area contributed by atoms with Gasteiger partial charge in [-0.25, -0.2) is 0 Å². The molecule has 0 radical (unpaired) electrons. The summed E-state index contributed by atoms with van der Waals surface area (Å²) in [7, 11) is 0. The Balaban J connectivity index is 1.75. The molecule has 2 rings (SSSR count). The van der Waals surface area contributed by atoms with Gasteiger partial charge in [0.15, 0.2) is 0 Å². The quantitative estimate of drug-likeness (QED) is 0.481. The fraction of sp³-hybridized carbons (Fsp3) is 0.200. The second-order valence-electron chi connectivity index (χ2n) is 4.52. The molecule has 0 heterocycles. The third kappa shape index (κ3) is 4.07. The van der Waals surface area contributed by atoms with E-state index in [9.17, 15) is 15.2 Å². The number of aromatic hydroxyl groups is 1. The Morgan fingerprint density at radius 3 is 2.20 bits per heavy atom. The van der Waals surface area contributed by atoms with Gasteiger partial charge >= 0.3 is 0 Å². The van der Waals surface area contributed by atoms with E-state index in [0.717, 1.165) is 24.1 Å². The first kappa shape index (κ1) is 14.0. The van der Waals surface area contributed by atoms with Crippen molar-refractivity contribution in [2.24, 2.45) is 0 Å². The molecule has 0 saturated heterocycles. The van der Waals surface area contributed by atoms with Crippen LogP contribution in [0.3, 0.4) is 0 Å². The van der Waals surface area contributed by atoms with E-state index < -0.39 is 4.92 Å². The zero-order valence-electron chi connectivity index (χ0n) is 11.0. The predicted molar refractivity (Wildman–Crippen MR) is 76.6 cm³/mol. The van der Waals surface area contributed by atoms with Gasteiger partial charge < -0.3 is 10.4 Å². The lowest BCUT2D eigenvalue weighted by atomic mass is 10.1. The molecule has 5 heteroatoms. The standard InChI is InChI=1S/C15H16N2O3/c18-15-7-3-12(4-8-15)9-10-16-11-13-1-5-14(6-2-13)17(19)20/h1-8,16,18H,9-11H2. The number of nitrogens with zero attached hydrogens (tertiary/aromatic N) is 1. The molecule has 0 aromatic heterocycles. The van der Waals surface area contributed by atoms with Crippen molar-refractivity contribution in [2.45, 2.75) is 13.0 Å². The summed E-state index contributed by atoms with van der Waals surface area (Å²) in [5.41, 5.74) is 2.28. The molecule has 5 nitrogen and oxygen atoms in total. The SMILES string of the molecule is O=[N+]([O-])c1ccc(CNCCc2ccc(O)cc2)cc1. The Hall–Kier alpha value is -2.40. The number of phenolic OH excluding ortho intramolecular Hbond substituents is 1. The predicted octanol–water partition coefficient (Wildman–Crippen LogP) is 2.63. The van der Waals surface area contributed by atoms with Gasteiger partial charge in [0.25, 0.3) is 5.69 Å². The minimum Gasteiger partial charge on any atom is -0.508 e. The van der Waals surface area contributed by atoms with Gasteiger partial charge in [0.1, 0.15) is 5.75 Å². The van der Waals surface area contributed by atoms with Crippen LogP contribution < -0.4 is 5.32 Å². The summed E-state index contributed by atoms with van der Waals surface area (Å²) in [6, 6.07) is 13.7. The smallest absolute Gasteiger partial charge is 0.269 e. The summed E-state index contributed by atoms with van der Waals surface area (Å²) in [6.07, 6.45) is 0.868. The third-order valence-electron chi connectivity index (χ3n) is 3.00. The van der Waals surface area contributed by atoms with Gasteiger partial charge in [-0.3, -0.25) is 10.1 Å². The highest BCUT2D eigenvalue weighted by molar-refractivity contribution is 5.32. The molecule has 104 valence electrons. The molecule has 0 atom stereocenters. The highest BCUT2D eigenvalue weighted by Gasteiger charge is 2.03. The van der Waals surface area contributed by atoms with Crippen LogP contribution in [-0.2, 0) is 13.0 Å². The van der Waals surface area contributed by atoms with Crippen LogP contribution in [-0.4, -0.2) is 16.6 Å². The first-order chi connectivity index (χ1) is 9.65. The number of nitro groups is 1. The number of phenols is 1. The zero-order valence-corrected chi connectivity index (χ0v) is 11.0. The van der Waals surface area contributed by atoms with Crippen LogP contribution in [0.25, 0.3) is 0 Å². The Bertz CT molecular complexity index is 565. The molecule has 0 amide bonds. The third-order valence-corrected chi connectivity index (χ3v) is 3.00. The Labute approximate surface area is 117 Å². The van der Waals surface area contributed by atoms with Crippen LogP contribution in [0.15, 0.2) is 48.5 Å². The molecule has 2 N–H and O–H groups in total. The van der Waals surface area contributed by atoms with Gasteiger partial charge in [0.05, 0.1) is 4.92 Å². The average Bonchev–Trinajstić information content (AvgIpc) is 2.46. The molecule has 0 spiro atoms. The number of nitro benzene ring substituents is 1. The minimum atomic E-state index is -0.401. The monoisotopic (exact) mass is 272 g/mol. The fourth-order valence-electron chi connectivity index (χ4n) is 1.86. The number of benzene rings is 2. The lowest BCUT2D eigenvalue weighted by Crippen LogP contribution is -2.16. The van der Waals surface area contributed by atoms with Gasteiger partial charge in [-0.1, -0.05) is 24.3 Å². The van der Waals surface area contributed by atoms with Crippen LogP contribution in [0.5, 0.6) is 5.75 Å². The molecule has 0 unspecified atom stereocenters. The maximum absolute atomic E-state index is 10.5. The van der Waals surface area contributed by atoms with Crippen molar-refractivity contribution in [2.75, 3.05) is 6.54 Å². The van der Waals surface area contributed by atoms with Crippen molar-refractivity contribution >= 4 is 5.69 Å². The number of non-ortho nitro benzene ring substituents is 1. The Morgan fingerprint density at radius 1 is 1.00 bits per heavy atom. The summed E-state index contributed by atoms with van der Waals surface area (Å²) < 4.78 is 0. The molecular formula is C15H16N2O3. The fourth-order valence-corrected chi connectivity index (χ4v) is 1.86. The maximum atomic E-state index is 10.5.